The molecule has 3 rings (SSSR count). The van der Waals surface area contributed by atoms with Crippen molar-refractivity contribution in [3.05, 3.63) is 0 Å². The Bertz CT molecular complexity index is 746. The minimum Gasteiger partial charge on any atom is -0.394 e. The van der Waals surface area contributed by atoms with E-state index in [1.54, 1.807) is 4.90 Å². The first-order chi connectivity index (χ1) is 15.7. The fourth-order valence-electron chi connectivity index (χ4n) is 6.28. The van der Waals surface area contributed by atoms with Crippen LogP contribution in [0.15, 0.2) is 0 Å². The van der Waals surface area contributed by atoms with Crippen molar-refractivity contribution in [2.75, 3.05) is 19.7 Å². The van der Waals surface area contributed by atoms with Crippen LogP contribution in [0.4, 0.5) is 0 Å². The summed E-state index contributed by atoms with van der Waals surface area (Å²) in [5.74, 6) is -1.98. The third-order valence-electron chi connectivity index (χ3n) is 8.22. The third-order valence-corrected chi connectivity index (χ3v) is 8.22. The molecule has 3 aliphatic rings. The maximum atomic E-state index is 14.0. The number of nitrogens with one attached hydrogen (secondary N) is 2. The van der Waals surface area contributed by atoms with Crippen molar-refractivity contribution >= 4 is 17.7 Å². The van der Waals surface area contributed by atoms with Gasteiger partial charge in [-0.1, -0.05) is 47.0 Å². The van der Waals surface area contributed by atoms with Gasteiger partial charge in [-0.2, -0.15) is 0 Å². The molecule has 2 unspecified atom stereocenters. The van der Waals surface area contributed by atoms with Crippen LogP contribution in [0.3, 0.4) is 0 Å². The van der Waals surface area contributed by atoms with Gasteiger partial charge in [0.2, 0.25) is 17.7 Å². The van der Waals surface area contributed by atoms with Gasteiger partial charge in [0.15, 0.2) is 0 Å². The molecular formula is C25H43N3O5. The molecule has 7 atom stereocenters. The van der Waals surface area contributed by atoms with Crippen molar-refractivity contribution in [2.45, 2.75) is 103 Å². The fraction of sp³-hybridized carbons (Fsp3) is 0.880. The number of amides is 3. The van der Waals surface area contributed by atoms with Crippen LogP contribution in [0.2, 0.25) is 0 Å². The molecule has 0 aromatic heterocycles. The molecule has 1 spiro atoms. The van der Waals surface area contributed by atoms with Crippen molar-refractivity contribution in [3.8, 4) is 0 Å². The van der Waals surface area contributed by atoms with Crippen molar-refractivity contribution < 1.29 is 24.2 Å². The first-order valence-corrected chi connectivity index (χ1v) is 12.9. The summed E-state index contributed by atoms with van der Waals surface area (Å²) < 4.78 is 6.59. The van der Waals surface area contributed by atoms with Crippen LogP contribution in [0, 0.1) is 17.8 Å². The molecule has 3 fully saturated rings. The van der Waals surface area contributed by atoms with Crippen LogP contribution < -0.4 is 10.6 Å². The normalized spacial score (nSPS) is 34.3. The lowest BCUT2D eigenvalue weighted by atomic mass is 9.66. The molecule has 8 heteroatoms. The average molecular weight is 466 g/mol. The van der Waals surface area contributed by atoms with Crippen LogP contribution in [0.5, 0.6) is 0 Å². The first kappa shape index (κ1) is 25.9. The average Bonchev–Trinajstić information content (AvgIpc) is 3.36. The molecule has 0 aliphatic carbocycles. The topological polar surface area (TPSA) is 108 Å². The zero-order valence-electron chi connectivity index (χ0n) is 21.0. The van der Waals surface area contributed by atoms with E-state index in [-0.39, 0.29) is 30.2 Å². The molecular weight excluding hydrogens is 422 g/mol. The number of aliphatic hydroxyl groups is 1. The Balaban J connectivity index is 2.00. The lowest BCUT2D eigenvalue weighted by Gasteiger charge is -2.39. The summed E-state index contributed by atoms with van der Waals surface area (Å²) in [6.07, 6.45) is 5.68. The Morgan fingerprint density at radius 3 is 2.42 bits per heavy atom. The molecule has 0 aromatic rings. The van der Waals surface area contributed by atoms with E-state index in [0.29, 0.717) is 25.9 Å². The van der Waals surface area contributed by atoms with Gasteiger partial charge in [-0.05, 0) is 38.5 Å². The number of rotatable bonds is 12. The second kappa shape index (κ2) is 10.3. The van der Waals surface area contributed by atoms with Gasteiger partial charge in [0.1, 0.15) is 11.6 Å². The predicted octanol–water partition coefficient (Wildman–Crippen LogP) is 1.99. The summed E-state index contributed by atoms with van der Waals surface area (Å²) in [6, 6.07) is -1.34. The van der Waals surface area contributed by atoms with Gasteiger partial charge >= 0.3 is 0 Å². The van der Waals surface area contributed by atoms with E-state index >= 15 is 0 Å². The van der Waals surface area contributed by atoms with E-state index < -0.39 is 35.1 Å². The van der Waals surface area contributed by atoms with E-state index in [1.165, 1.54) is 0 Å². The number of hydrogen-bond acceptors (Lipinski definition) is 5. The Hall–Kier alpha value is -1.67. The molecule has 8 nitrogen and oxygen atoms in total. The van der Waals surface area contributed by atoms with E-state index in [0.717, 1.165) is 32.1 Å². The fourth-order valence-corrected chi connectivity index (χ4v) is 6.28. The van der Waals surface area contributed by atoms with Crippen LogP contribution in [0.1, 0.15) is 79.6 Å². The number of carbonyl (C=O) groups is 3. The molecule has 188 valence electrons. The number of likely N-dealkylation sites (tertiary alicyclic amines) is 1. The number of hydrogen-bond donors (Lipinski definition) is 3. The zero-order chi connectivity index (χ0) is 24.4. The van der Waals surface area contributed by atoms with Crippen LogP contribution in [-0.2, 0) is 19.1 Å². The van der Waals surface area contributed by atoms with Crippen molar-refractivity contribution in [1.29, 1.82) is 0 Å². The van der Waals surface area contributed by atoms with E-state index in [9.17, 15) is 19.5 Å². The Morgan fingerprint density at radius 2 is 1.82 bits per heavy atom. The maximum Gasteiger partial charge on any atom is 0.245 e. The van der Waals surface area contributed by atoms with Gasteiger partial charge in [-0.3, -0.25) is 14.4 Å². The number of ether oxygens (including phenoxy) is 1. The summed E-state index contributed by atoms with van der Waals surface area (Å²) in [5, 5.41) is 16.3. The number of unbranched alkanes of at least 4 members (excludes halogenated alkanes) is 2. The highest BCUT2D eigenvalue weighted by Crippen LogP contribution is 2.63. The third kappa shape index (κ3) is 4.29. The highest BCUT2D eigenvalue weighted by atomic mass is 16.5. The molecule has 0 radical (unpaired) electrons. The lowest BCUT2D eigenvalue weighted by molar-refractivity contribution is -0.151. The molecule has 3 amide bonds. The van der Waals surface area contributed by atoms with Crippen molar-refractivity contribution in [2.24, 2.45) is 17.8 Å². The van der Waals surface area contributed by atoms with Crippen LogP contribution in [-0.4, -0.2) is 70.7 Å². The maximum absolute atomic E-state index is 14.0. The standard InChI is InChI=1S/C25H43N3O5/c1-6-9-10-14-27-22(31)20-25-12-11-24(5,33-25)18(21(30)26-13-7-2)19(25)23(32)28(20)17(15-29)16(4)8-3/h16-20,29H,6-15H2,1-5H3,(H,26,30)(H,27,31)/t16-,17-,18+,19-,20?,24-,25?/m0/s1. The minimum absolute atomic E-state index is 0.00437. The molecule has 3 N–H and O–H groups in total. The summed E-state index contributed by atoms with van der Waals surface area (Å²) in [4.78, 5) is 42.4. The SMILES string of the molecule is CCCCCNC(=O)C1N([C@@H](CO)[C@@H](C)CC)C(=O)[C@@H]2[C@H](C(=O)NCCC)[C@]3(C)CCC12O3. The molecule has 2 bridgehead atoms. The Labute approximate surface area is 198 Å². The molecule has 3 saturated heterocycles. The highest BCUT2D eigenvalue weighted by Gasteiger charge is 2.78. The van der Waals surface area contributed by atoms with Gasteiger partial charge in [-0.25, -0.2) is 0 Å². The highest BCUT2D eigenvalue weighted by molar-refractivity contribution is 5.99. The number of aliphatic hydroxyl groups excluding tert-OH is 1. The van der Waals surface area contributed by atoms with Gasteiger partial charge < -0.3 is 25.4 Å². The van der Waals surface area contributed by atoms with E-state index in [4.69, 9.17) is 4.74 Å². The quantitative estimate of drug-likeness (QED) is 0.382. The molecule has 0 saturated carbocycles. The summed E-state index contributed by atoms with van der Waals surface area (Å²) >= 11 is 0. The van der Waals surface area contributed by atoms with E-state index in [2.05, 4.69) is 17.6 Å². The number of fused-ring (bicyclic) bond motifs is 1. The molecule has 3 aliphatic heterocycles. The second-order valence-corrected chi connectivity index (χ2v) is 10.4. The Morgan fingerprint density at radius 1 is 1.12 bits per heavy atom. The summed E-state index contributed by atoms with van der Waals surface area (Å²) in [5.41, 5.74) is -1.80. The summed E-state index contributed by atoms with van der Waals surface area (Å²) in [6.45, 7) is 10.8. The Kier molecular flexibility index (Phi) is 8.10. The molecule has 3 heterocycles. The van der Waals surface area contributed by atoms with Crippen molar-refractivity contribution in [3.63, 3.8) is 0 Å². The smallest absolute Gasteiger partial charge is 0.245 e. The number of nitrogens with zero attached hydrogens (tertiary/aromatic N) is 1. The minimum atomic E-state index is -1.03. The van der Waals surface area contributed by atoms with Crippen LogP contribution in [0.25, 0.3) is 0 Å². The number of carbonyl (C=O) groups excluding carboxylic acids is 3. The van der Waals surface area contributed by atoms with Crippen molar-refractivity contribution in [1.82, 2.24) is 15.5 Å². The van der Waals surface area contributed by atoms with Gasteiger partial charge in [0.05, 0.1) is 30.1 Å². The second-order valence-electron chi connectivity index (χ2n) is 10.4. The molecule has 33 heavy (non-hydrogen) atoms. The largest absolute Gasteiger partial charge is 0.394 e. The van der Waals surface area contributed by atoms with Gasteiger partial charge in [0.25, 0.3) is 0 Å². The first-order valence-electron chi connectivity index (χ1n) is 12.9. The predicted molar refractivity (Wildman–Crippen MR) is 125 cm³/mol. The van der Waals surface area contributed by atoms with Gasteiger partial charge in [0, 0.05) is 13.1 Å². The summed E-state index contributed by atoms with van der Waals surface area (Å²) in [7, 11) is 0. The lowest BCUT2D eigenvalue weighted by Crippen LogP contribution is -2.59. The molecule has 0 aromatic carbocycles. The van der Waals surface area contributed by atoms with Gasteiger partial charge in [-0.15, -0.1) is 0 Å². The monoisotopic (exact) mass is 465 g/mol. The zero-order valence-corrected chi connectivity index (χ0v) is 21.0. The van der Waals surface area contributed by atoms with E-state index in [1.807, 2.05) is 27.7 Å². The van der Waals surface area contributed by atoms with Crippen LogP contribution >= 0.6 is 0 Å².